The fourth-order valence-corrected chi connectivity index (χ4v) is 3.31. The summed E-state index contributed by atoms with van der Waals surface area (Å²) >= 11 is 5.40. The smallest absolute Gasteiger partial charge is 0.166 e. The molecule has 0 spiro atoms. The average Bonchev–Trinajstić information content (AvgIpc) is 2.74. The van der Waals surface area contributed by atoms with Crippen molar-refractivity contribution in [2.45, 2.75) is 70.4 Å². The van der Waals surface area contributed by atoms with Crippen molar-refractivity contribution in [2.75, 3.05) is 0 Å². The number of thiocarbonyl (C=S) groups is 1. The van der Waals surface area contributed by atoms with Gasteiger partial charge in [-0.1, -0.05) is 32.6 Å². The second-order valence-corrected chi connectivity index (χ2v) is 5.88. The topological polar surface area (TPSA) is 24.1 Å². The highest BCUT2D eigenvalue weighted by Crippen LogP contribution is 2.24. The van der Waals surface area contributed by atoms with Gasteiger partial charge in [0.25, 0.3) is 0 Å². The minimum Gasteiger partial charge on any atom is -0.360 e. The monoisotopic (exact) mass is 240 g/mol. The van der Waals surface area contributed by atoms with E-state index >= 15 is 0 Å². The molecular weight excluding hydrogens is 216 g/mol. The largest absolute Gasteiger partial charge is 0.360 e. The fraction of sp³-hybridized carbons (Fsp3) is 0.923. The highest BCUT2D eigenvalue weighted by molar-refractivity contribution is 7.80. The van der Waals surface area contributed by atoms with Crippen molar-refractivity contribution >= 4 is 17.3 Å². The Kier molecular flexibility index (Phi) is 4.45. The van der Waals surface area contributed by atoms with Crippen LogP contribution >= 0.6 is 12.2 Å². The predicted octanol–water partition coefficient (Wildman–Crippen LogP) is 2.97. The van der Waals surface area contributed by atoms with Crippen LogP contribution in [-0.4, -0.2) is 17.2 Å². The molecule has 0 saturated heterocycles. The maximum absolute atomic E-state index is 5.40. The molecule has 2 aliphatic carbocycles. The Labute approximate surface area is 105 Å². The molecule has 2 nitrogen and oxygen atoms in total. The quantitative estimate of drug-likeness (QED) is 0.726. The molecule has 2 atom stereocenters. The number of rotatable bonds is 2. The SMILES string of the molecule is C[C@H]1CCCC[C@H]1NC(=S)NC1CCCC1. The van der Waals surface area contributed by atoms with Crippen LogP contribution in [0.25, 0.3) is 0 Å². The van der Waals surface area contributed by atoms with Crippen molar-refractivity contribution < 1.29 is 0 Å². The molecule has 0 aromatic heterocycles. The van der Waals surface area contributed by atoms with Crippen molar-refractivity contribution in [3.63, 3.8) is 0 Å². The van der Waals surface area contributed by atoms with Gasteiger partial charge in [-0.05, 0) is 43.8 Å². The van der Waals surface area contributed by atoms with Crippen LogP contribution < -0.4 is 10.6 Å². The summed E-state index contributed by atoms with van der Waals surface area (Å²) < 4.78 is 0. The molecular formula is C13H24N2S. The van der Waals surface area contributed by atoms with Crippen LogP contribution in [0.5, 0.6) is 0 Å². The molecule has 0 heterocycles. The van der Waals surface area contributed by atoms with Crippen LogP contribution in [0.1, 0.15) is 58.3 Å². The van der Waals surface area contributed by atoms with Gasteiger partial charge in [0.1, 0.15) is 0 Å². The van der Waals surface area contributed by atoms with Gasteiger partial charge in [-0.25, -0.2) is 0 Å². The maximum atomic E-state index is 5.40. The minimum atomic E-state index is 0.607. The third kappa shape index (κ3) is 3.34. The molecule has 0 amide bonds. The van der Waals surface area contributed by atoms with Crippen molar-refractivity contribution in [3.05, 3.63) is 0 Å². The highest BCUT2D eigenvalue weighted by Gasteiger charge is 2.22. The lowest BCUT2D eigenvalue weighted by atomic mass is 9.86. The lowest BCUT2D eigenvalue weighted by Gasteiger charge is -2.31. The summed E-state index contributed by atoms with van der Waals surface area (Å²) in [5.74, 6) is 0.775. The molecule has 0 aromatic rings. The van der Waals surface area contributed by atoms with E-state index in [0.29, 0.717) is 12.1 Å². The molecule has 2 saturated carbocycles. The van der Waals surface area contributed by atoms with Gasteiger partial charge in [-0.3, -0.25) is 0 Å². The summed E-state index contributed by atoms with van der Waals surface area (Å²) in [7, 11) is 0. The highest BCUT2D eigenvalue weighted by atomic mass is 32.1. The first kappa shape index (κ1) is 12.2. The van der Waals surface area contributed by atoms with E-state index in [1.54, 1.807) is 0 Å². The van der Waals surface area contributed by atoms with E-state index in [-0.39, 0.29) is 0 Å². The van der Waals surface area contributed by atoms with E-state index in [1.807, 2.05) is 0 Å². The Morgan fingerprint density at radius 2 is 1.56 bits per heavy atom. The molecule has 2 rings (SSSR count). The van der Waals surface area contributed by atoms with Crippen molar-refractivity contribution in [2.24, 2.45) is 5.92 Å². The average molecular weight is 240 g/mol. The first-order chi connectivity index (χ1) is 7.75. The van der Waals surface area contributed by atoms with Gasteiger partial charge in [0.2, 0.25) is 0 Å². The molecule has 2 aliphatic rings. The van der Waals surface area contributed by atoms with Gasteiger partial charge >= 0.3 is 0 Å². The third-order valence-corrected chi connectivity index (χ3v) is 4.35. The van der Waals surface area contributed by atoms with E-state index in [4.69, 9.17) is 12.2 Å². The van der Waals surface area contributed by atoms with Crippen molar-refractivity contribution in [1.29, 1.82) is 0 Å². The number of hydrogen-bond acceptors (Lipinski definition) is 1. The van der Waals surface area contributed by atoms with E-state index < -0.39 is 0 Å². The van der Waals surface area contributed by atoms with Crippen LogP contribution in [0.15, 0.2) is 0 Å². The van der Waals surface area contributed by atoms with Crippen molar-refractivity contribution in [3.8, 4) is 0 Å². The zero-order valence-corrected chi connectivity index (χ0v) is 11.1. The Morgan fingerprint density at radius 1 is 0.938 bits per heavy atom. The zero-order chi connectivity index (χ0) is 11.4. The molecule has 2 N–H and O–H groups in total. The first-order valence-corrected chi connectivity index (χ1v) is 7.23. The van der Waals surface area contributed by atoms with Crippen LogP contribution in [0.2, 0.25) is 0 Å². The Bertz CT molecular complexity index is 236. The lowest BCUT2D eigenvalue weighted by molar-refractivity contribution is 0.307. The summed E-state index contributed by atoms with van der Waals surface area (Å²) in [5, 5.41) is 7.88. The summed E-state index contributed by atoms with van der Waals surface area (Å²) in [5.41, 5.74) is 0. The predicted molar refractivity (Wildman–Crippen MR) is 72.5 cm³/mol. The first-order valence-electron chi connectivity index (χ1n) is 6.83. The van der Waals surface area contributed by atoms with Crippen LogP contribution in [0.4, 0.5) is 0 Å². The lowest BCUT2D eigenvalue weighted by Crippen LogP contribution is -2.48. The molecule has 16 heavy (non-hydrogen) atoms. The molecule has 0 radical (unpaired) electrons. The second kappa shape index (κ2) is 5.85. The summed E-state index contributed by atoms with van der Waals surface area (Å²) in [6.07, 6.45) is 10.7. The summed E-state index contributed by atoms with van der Waals surface area (Å²) in [6, 6.07) is 1.24. The molecule has 3 heteroatoms. The van der Waals surface area contributed by atoms with Gasteiger partial charge in [-0.2, -0.15) is 0 Å². The van der Waals surface area contributed by atoms with Gasteiger partial charge in [0.05, 0.1) is 0 Å². The van der Waals surface area contributed by atoms with E-state index in [9.17, 15) is 0 Å². The molecule has 2 fully saturated rings. The fourth-order valence-electron chi connectivity index (χ4n) is 3.00. The molecule has 0 bridgehead atoms. The molecule has 0 unspecified atom stereocenters. The van der Waals surface area contributed by atoms with Gasteiger partial charge in [0, 0.05) is 12.1 Å². The van der Waals surface area contributed by atoms with Gasteiger partial charge in [0.15, 0.2) is 5.11 Å². The summed E-state index contributed by atoms with van der Waals surface area (Å²) in [6.45, 7) is 2.34. The van der Waals surface area contributed by atoms with E-state index in [1.165, 1.54) is 51.4 Å². The standard InChI is InChI=1S/C13H24N2S/c1-10-6-2-5-9-12(10)15-13(16)14-11-7-3-4-8-11/h10-12H,2-9H2,1H3,(H2,14,15,16)/t10-,12+/m0/s1. The van der Waals surface area contributed by atoms with Gasteiger partial charge < -0.3 is 10.6 Å². The van der Waals surface area contributed by atoms with Crippen LogP contribution in [0.3, 0.4) is 0 Å². The molecule has 0 aromatic carbocycles. The van der Waals surface area contributed by atoms with E-state index in [2.05, 4.69) is 17.6 Å². The zero-order valence-electron chi connectivity index (χ0n) is 10.3. The second-order valence-electron chi connectivity index (χ2n) is 5.47. The minimum absolute atomic E-state index is 0.607. The van der Waals surface area contributed by atoms with Crippen molar-refractivity contribution in [1.82, 2.24) is 10.6 Å². The maximum Gasteiger partial charge on any atom is 0.166 e. The van der Waals surface area contributed by atoms with Crippen LogP contribution in [-0.2, 0) is 0 Å². The van der Waals surface area contributed by atoms with Crippen LogP contribution in [0, 0.1) is 5.92 Å². The Hall–Kier alpha value is -0.310. The number of nitrogens with one attached hydrogen (secondary N) is 2. The third-order valence-electron chi connectivity index (χ3n) is 4.12. The normalized spacial score (nSPS) is 31.3. The number of hydrogen-bond donors (Lipinski definition) is 2. The Morgan fingerprint density at radius 3 is 2.25 bits per heavy atom. The summed E-state index contributed by atoms with van der Waals surface area (Å²) in [4.78, 5) is 0. The molecule has 92 valence electrons. The van der Waals surface area contributed by atoms with E-state index in [0.717, 1.165) is 11.0 Å². The Balaban J connectivity index is 1.72. The van der Waals surface area contributed by atoms with Gasteiger partial charge in [-0.15, -0.1) is 0 Å². The molecule has 0 aliphatic heterocycles.